The van der Waals surface area contributed by atoms with E-state index in [1.165, 1.54) is 18.3 Å². The Labute approximate surface area is 162 Å². The van der Waals surface area contributed by atoms with E-state index < -0.39 is 17.9 Å². The molecule has 3 aromatic rings. The number of ether oxygens (including phenoxy) is 1. The number of para-hydroxylation sites is 1. The molecule has 2 unspecified atom stereocenters. The fourth-order valence-corrected chi connectivity index (χ4v) is 2.87. The van der Waals surface area contributed by atoms with E-state index in [4.69, 9.17) is 4.74 Å². The molecule has 0 aliphatic heterocycles. The van der Waals surface area contributed by atoms with Crippen molar-refractivity contribution in [1.82, 2.24) is 15.3 Å². The summed E-state index contributed by atoms with van der Waals surface area (Å²) in [5, 5.41) is 13.1. The molecule has 0 aliphatic rings. The van der Waals surface area contributed by atoms with Gasteiger partial charge in [0.05, 0.1) is 6.10 Å². The average molecular weight is 381 g/mol. The lowest BCUT2D eigenvalue weighted by Gasteiger charge is -2.15. The Morgan fingerprint density at radius 2 is 2.07 bits per heavy atom. The first-order valence-corrected chi connectivity index (χ1v) is 9.19. The number of fused-ring (bicyclic) bond motifs is 1. The molecule has 28 heavy (non-hydrogen) atoms. The second kappa shape index (κ2) is 8.56. The van der Waals surface area contributed by atoms with Crippen molar-refractivity contribution in [3.63, 3.8) is 0 Å². The van der Waals surface area contributed by atoms with Crippen molar-refractivity contribution in [3.8, 4) is 5.88 Å². The first kappa shape index (κ1) is 19.4. The summed E-state index contributed by atoms with van der Waals surface area (Å²) in [6, 6.07) is 9.63. The van der Waals surface area contributed by atoms with Gasteiger partial charge in [-0.15, -0.1) is 0 Å². The highest BCUT2D eigenvalue weighted by molar-refractivity contribution is 5.97. The van der Waals surface area contributed by atoms with Crippen LogP contribution in [0.4, 0.5) is 0 Å². The highest BCUT2D eigenvalue weighted by Crippen LogP contribution is 2.19. The summed E-state index contributed by atoms with van der Waals surface area (Å²) in [7, 11) is 0. The van der Waals surface area contributed by atoms with Gasteiger partial charge in [0.15, 0.2) is 0 Å². The van der Waals surface area contributed by atoms with E-state index in [9.17, 15) is 14.7 Å². The van der Waals surface area contributed by atoms with Gasteiger partial charge in [-0.1, -0.05) is 25.1 Å². The summed E-state index contributed by atoms with van der Waals surface area (Å²) in [6.45, 7) is 3.90. The van der Waals surface area contributed by atoms with E-state index in [-0.39, 0.29) is 12.5 Å². The Hall–Kier alpha value is -3.35. The van der Waals surface area contributed by atoms with Crippen LogP contribution in [0.1, 0.15) is 36.2 Å². The quantitative estimate of drug-likeness (QED) is 0.556. The third-order valence-corrected chi connectivity index (χ3v) is 4.60. The third kappa shape index (κ3) is 4.49. The van der Waals surface area contributed by atoms with Crippen LogP contribution in [-0.4, -0.2) is 39.1 Å². The first-order chi connectivity index (χ1) is 13.5. The number of carbonyl (C=O) groups excluding carboxylic acids is 1. The van der Waals surface area contributed by atoms with Gasteiger partial charge in [-0.05, 0) is 31.0 Å². The molecule has 146 valence electrons. The van der Waals surface area contributed by atoms with Gasteiger partial charge in [0, 0.05) is 41.3 Å². The lowest BCUT2D eigenvalue weighted by Crippen LogP contribution is -2.42. The van der Waals surface area contributed by atoms with Crippen LogP contribution in [-0.2, 0) is 11.2 Å². The number of aromatic nitrogens is 2. The predicted molar refractivity (Wildman–Crippen MR) is 106 cm³/mol. The number of carboxylic acids is 1. The maximum atomic E-state index is 12.6. The molecule has 0 bridgehead atoms. The van der Waals surface area contributed by atoms with Gasteiger partial charge in [0.25, 0.3) is 5.91 Å². The summed E-state index contributed by atoms with van der Waals surface area (Å²) < 4.78 is 5.63. The largest absolute Gasteiger partial charge is 0.480 e. The van der Waals surface area contributed by atoms with Crippen molar-refractivity contribution in [3.05, 3.63) is 59.9 Å². The topological polar surface area (TPSA) is 104 Å². The van der Waals surface area contributed by atoms with Gasteiger partial charge in [-0.3, -0.25) is 4.79 Å². The highest BCUT2D eigenvalue weighted by Gasteiger charge is 2.23. The van der Waals surface area contributed by atoms with E-state index in [2.05, 4.69) is 15.3 Å². The number of aliphatic carboxylic acids is 1. The lowest BCUT2D eigenvalue weighted by atomic mass is 10.0. The van der Waals surface area contributed by atoms with Crippen LogP contribution < -0.4 is 10.1 Å². The van der Waals surface area contributed by atoms with Crippen molar-refractivity contribution < 1.29 is 19.4 Å². The van der Waals surface area contributed by atoms with E-state index >= 15 is 0 Å². The Bertz CT molecular complexity index is 982. The van der Waals surface area contributed by atoms with E-state index in [1.807, 2.05) is 38.1 Å². The van der Waals surface area contributed by atoms with Gasteiger partial charge in [-0.25, -0.2) is 9.78 Å². The number of carboxylic acid groups (broad SMARTS) is 1. The van der Waals surface area contributed by atoms with Crippen LogP contribution in [0.2, 0.25) is 0 Å². The lowest BCUT2D eigenvalue weighted by molar-refractivity contribution is -0.139. The molecule has 2 atom stereocenters. The van der Waals surface area contributed by atoms with Gasteiger partial charge in [0.1, 0.15) is 6.04 Å². The minimum Gasteiger partial charge on any atom is -0.480 e. The number of pyridine rings is 1. The molecule has 0 saturated carbocycles. The van der Waals surface area contributed by atoms with Crippen LogP contribution in [0, 0.1) is 0 Å². The molecule has 2 aromatic heterocycles. The molecular formula is C21H23N3O4. The van der Waals surface area contributed by atoms with Gasteiger partial charge in [-0.2, -0.15) is 0 Å². The molecule has 0 aliphatic carbocycles. The SMILES string of the molecule is CCC(C)Oc1cc(C(=O)NC(Cc2c[nH]c3ccccc23)C(=O)O)ccn1. The summed E-state index contributed by atoms with van der Waals surface area (Å²) in [5.74, 6) is -1.24. The van der Waals surface area contributed by atoms with Gasteiger partial charge < -0.3 is 20.1 Å². The average Bonchev–Trinajstić information content (AvgIpc) is 3.10. The number of aromatic amines is 1. The number of hydrogen-bond donors (Lipinski definition) is 3. The second-order valence-electron chi connectivity index (χ2n) is 6.65. The third-order valence-electron chi connectivity index (χ3n) is 4.60. The van der Waals surface area contributed by atoms with Crippen LogP contribution in [0.5, 0.6) is 5.88 Å². The number of carbonyl (C=O) groups is 2. The molecular weight excluding hydrogens is 358 g/mol. The number of nitrogens with one attached hydrogen (secondary N) is 2. The molecule has 1 aromatic carbocycles. The molecule has 0 spiro atoms. The molecule has 2 heterocycles. The molecule has 1 amide bonds. The number of rotatable bonds is 8. The standard InChI is InChI=1S/C21H23N3O4/c1-3-13(2)28-19-11-14(8-9-22-19)20(25)24-18(21(26)27)10-15-12-23-17-7-5-4-6-16(15)17/h4-9,11-13,18,23H,3,10H2,1-2H3,(H,24,25)(H,26,27). The normalized spacial score (nSPS) is 13.1. The van der Waals surface area contributed by atoms with E-state index in [0.29, 0.717) is 11.4 Å². The van der Waals surface area contributed by atoms with E-state index in [1.54, 1.807) is 6.20 Å². The van der Waals surface area contributed by atoms with E-state index in [0.717, 1.165) is 22.9 Å². The summed E-state index contributed by atoms with van der Waals surface area (Å²) in [6.07, 6.45) is 4.20. The Morgan fingerprint density at radius 1 is 1.29 bits per heavy atom. The number of amides is 1. The van der Waals surface area contributed by atoms with Crippen LogP contribution in [0.3, 0.4) is 0 Å². The van der Waals surface area contributed by atoms with Crippen molar-refractivity contribution in [1.29, 1.82) is 0 Å². The summed E-state index contributed by atoms with van der Waals surface area (Å²) in [5.41, 5.74) is 2.06. The first-order valence-electron chi connectivity index (χ1n) is 9.19. The number of H-pyrrole nitrogens is 1. The minimum atomic E-state index is -1.09. The van der Waals surface area contributed by atoms with Crippen molar-refractivity contribution in [2.45, 2.75) is 38.8 Å². The maximum absolute atomic E-state index is 12.6. The van der Waals surface area contributed by atoms with Crippen molar-refractivity contribution in [2.75, 3.05) is 0 Å². The Balaban J connectivity index is 1.74. The van der Waals surface area contributed by atoms with Crippen LogP contribution in [0.15, 0.2) is 48.8 Å². The fourth-order valence-electron chi connectivity index (χ4n) is 2.87. The highest BCUT2D eigenvalue weighted by atomic mass is 16.5. The summed E-state index contributed by atoms with van der Waals surface area (Å²) in [4.78, 5) is 31.5. The van der Waals surface area contributed by atoms with Crippen LogP contribution in [0.25, 0.3) is 10.9 Å². The minimum absolute atomic E-state index is 0.0283. The van der Waals surface area contributed by atoms with Crippen LogP contribution >= 0.6 is 0 Å². The molecule has 7 heteroatoms. The van der Waals surface area contributed by atoms with Crippen molar-refractivity contribution in [2.24, 2.45) is 0 Å². The zero-order valence-electron chi connectivity index (χ0n) is 15.8. The molecule has 0 saturated heterocycles. The smallest absolute Gasteiger partial charge is 0.326 e. The molecule has 3 rings (SSSR count). The molecule has 0 fully saturated rings. The molecule has 3 N–H and O–H groups in total. The van der Waals surface area contributed by atoms with Crippen molar-refractivity contribution >= 4 is 22.8 Å². The molecule has 0 radical (unpaired) electrons. The zero-order valence-corrected chi connectivity index (χ0v) is 15.8. The molecule has 7 nitrogen and oxygen atoms in total. The monoisotopic (exact) mass is 381 g/mol. The number of benzene rings is 1. The number of hydrogen-bond acceptors (Lipinski definition) is 4. The van der Waals surface area contributed by atoms with Gasteiger partial charge in [0.2, 0.25) is 5.88 Å². The maximum Gasteiger partial charge on any atom is 0.326 e. The number of nitrogens with zero attached hydrogens (tertiary/aromatic N) is 1. The predicted octanol–water partition coefficient (Wildman–Crippen LogP) is 3.17. The van der Waals surface area contributed by atoms with Gasteiger partial charge >= 0.3 is 5.97 Å². The summed E-state index contributed by atoms with van der Waals surface area (Å²) >= 11 is 0. The second-order valence-corrected chi connectivity index (χ2v) is 6.65. The Kier molecular flexibility index (Phi) is 5.93. The Morgan fingerprint density at radius 3 is 2.82 bits per heavy atom. The zero-order chi connectivity index (χ0) is 20.1. The fraction of sp³-hybridized carbons (Fsp3) is 0.286.